The van der Waals surface area contributed by atoms with Gasteiger partial charge in [0, 0.05) is 0 Å². The minimum Gasteiger partial charge on any atom is -0.166 e. The highest BCUT2D eigenvalue weighted by atomic mass is 19.4. The van der Waals surface area contributed by atoms with Gasteiger partial charge in [0.05, 0.1) is 5.56 Å². The number of rotatable bonds is 1. The summed E-state index contributed by atoms with van der Waals surface area (Å²) in [5, 5.41) is 0. The highest BCUT2D eigenvalue weighted by Crippen LogP contribution is 2.34. The summed E-state index contributed by atoms with van der Waals surface area (Å²) in [4.78, 5) is 0. The molecular formula is C10H10F3. The van der Waals surface area contributed by atoms with E-state index in [-0.39, 0.29) is 5.92 Å². The fourth-order valence-corrected chi connectivity index (χ4v) is 1.19. The Morgan fingerprint density at radius 2 is 1.92 bits per heavy atom. The average molecular weight is 187 g/mol. The molecule has 0 N–H and O–H groups in total. The molecule has 0 aliphatic rings. The fourth-order valence-electron chi connectivity index (χ4n) is 1.19. The van der Waals surface area contributed by atoms with Crippen LogP contribution in [0, 0.1) is 6.07 Å². The van der Waals surface area contributed by atoms with Gasteiger partial charge in [0.15, 0.2) is 0 Å². The van der Waals surface area contributed by atoms with Crippen molar-refractivity contribution >= 4 is 0 Å². The Hall–Kier alpha value is -0.990. The SMILES string of the molecule is CC(C)c1cc[c]cc1C(F)(F)F. The minimum absolute atomic E-state index is 0.119. The van der Waals surface area contributed by atoms with Gasteiger partial charge < -0.3 is 0 Å². The summed E-state index contributed by atoms with van der Waals surface area (Å²) in [5.41, 5.74) is -0.253. The zero-order valence-corrected chi connectivity index (χ0v) is 7.44. The first-order valence-electron chi connectivity index (χ1n) is 4.00. The normalized spacial score (nSPS) is 12.2. The molecule has 1 rings (SSSR count). The highest BCUT2D eigenvalue weighted by Gasteiger charge is 2.33. The van der Waals surface area contributed by atoms with Gasteiger partial charge >= 0.3 is 6.18 Å². The summed E-state index contributed by atoms with van der Waals surface area (Å²) in [7, 11) is 0. The molecule has 0 fully saturated rings. The Kier molecular flexibility index (Phi) is 2.64. The van der Waals surface area contributed by atoms with E-state index in [2.05, 4.69) is 6.07 Å². The second kappa shape index (κ2) is 3.40. The van der Waals surface area contributed by atoms with Crippen LogP contribution in [0.25, 0.3) is 0 Å². The van der Waals surface area contributed by atoms with Crippen LogP contribution < -0.4 is 0 Å². The average Bonchev–Trinajstić information content (AvgIpc) is 2.03. The lowest BCUT2D eigenvalue weighted by atomic mass is 9.97. The lowest BCUT2D eigenvalue weighted by Gasteiger charge is -2.14. The second-order valence-electron chi connectivity index (χ2n) is 3.17. The maximum absolute atomic E-state index is 12.4. The van der Waals surface area contributed by atoms with Gasteiger partial charge in [0.25, 0.3) is 0 Å². The van der Waals surface area contributed by atoms with E-state index in [1.165, 1.54) is 12.1 Å². The van der Waals surface area contributed by atoms with Crippen LogP contribution in [0.1, 0.15) is 30.9 Å². The first-order valence-corrected chi connectivity index (χ1v) is 4.00. The van der Waals surface area contributed by atoms with Gasteiger partial charge in [-0.05, 0) is 23.6 Å². The Morgan fingerprint density at radius 3 is 2.31 bits per heavy atom. The van der Waals surface area contributed by atoms with E-state index in [9.17, 15) is 13.2 Å². The van der Waals surface area contributed by atoms with Crippen molar-refractivity contribution in [1.82, 2.24) is 0 Å². The minimum atomic E-state index is -4.27. The molecule has 0 spiro atoms. The molecule has 0 heterocycles. The van der Waals surface area contributed by atoms with Crippen LogP contribution in [0.2, 0.25) is 0 Å². The smallest absolute Gasteiger partial charge is 0.166 e. The Balaban J connectivity index is 3.20. The van der Waals surface area contributed by atoms with Gasteiger partial charge in [-0.2, -0.15) is 13.2 Å². The predicted octanol–water partition coefficient (Wildman–Crippen LogP) is 3.63. The van der Waals surface area contributed by atoms with Crippen molar-refractivity contribution in [3.05, 3.63) is 35.4 Å². The molecule has 0 unspecified atom stereocenters. The van der Waals surface area contributed by atoms with E-state index >= 15 is 0 Å². The first-order chi connectivity index (χ1) is 5.93. The van der Waals surface area contributed by atoms with Crippen molar-refractivity contribution in [3.63, 3.8) is 0 Å². The molecule has 0 saturated heterocycles. The number of hydrogen-bond donors (Lipinski definition) is 0. The molecular weight excluding hydrogens is 177 g/mol. The molecule has 1 radical (unpaired) electrons. The maximum Gasteiger partial charge on any atom is 0.416 e. The lowest BCUT2D eigenvalue weighted by molar-refractivity contribution is -0.138. The van der Waals surface area contributed by atoms with Crippen molar-refractivity contribution < 1.29 is 13.2 Å². The summed E-state index contributed by atoms with van der Waals surface area (Å²) in [5.74, 6) is -0.119. The Morgan fingerprint density at radius 1 is 1.31 bits per heavy atom. The zero-order chi connectivity index (χ0) is 10.1. The molecule has 0 amide bonds. The molecule has 0 aliphatic carbocycles. The monoisotopic (exact) mass is 187 g/mol. The van der Waals surface area contributed by atoms with E-state index < -0.39 is 11.7 Å². The van der Waals surface area contributed by atoms with Crippen LogP contribution in [0.5, 0.6) is 0 Å². The molecule has 0 nitrogen and oxygen atoms in total. The number of alkyl halides is 3. The van der Waals surface area contributed by atoms with Gasteiger partial charge in [-0.3, -0.25) is 0 Å². The summed E-state index contributed by atoms with van der Waals surface area (Å²) < 4.78 is 37.2. The Labute approximate surface area is 75.4 Å². The van der Waals surface area contributed by atoms with E-state index in [0.717, 1.165) is 6.07 Å². The van der Waals surface area contributed by atoms with E-state index in [4.69, 9.17) is 0 Å². The topological polar surface area (TPSA) is 0 Å². The van der Waals surface area contributed by atoms with E-state index in [1.807, 2.05) is 0 Å². The van der Waals surface area contributed by atoms with Gasteiger partial charge in [-0.1, -0.05) is 26.0 Å². The quantitative estimate of drug-likeness (QED) is 0.629. The van der Waals surface area contributed by atoms with Crippen molar-refractivity contribution in [2.24, 2.45) is 0 Å². The van der Waals surface area contributed by atoms with Crippen LogP contribution in [0.4, 0.5) is 13.2 Å². The third-order valence-electron chi connectivity index (χ3n) is 1.83. The largest absolute Gasteiger partial charge is 0.416 e. The van der Waals surface area contributed by atoms with E-state index in [1.54, 1.807) is 13.8 Å². The second-order valence-corrected chi connectivity index (χ2v) is 3.17. The molecule has 0 atom stereocenters. The molecule has 1 aromatic rings. The van der Waals surface area contributed by atoms with Gasteiger partial charge in [0.1, 0.15) is 0 Å². The van der Waals surface area contributed by atoms with Crippen molar-refractivity contribution in [3.8, 4) is 0 Å². The molecule has 13 heavy (non-hydrogen) atoms. The molecule has 71 valence electrons. The summed E-state index contributed by atoms with van der Waals surface area (Å²) in [6, 6.07) is 6.41. The van der Waals surface area contributed by atoms with Crippen molar-refractivity contribution in [2.45, 2.75) is 25.9 Å². The van der Waals surface area contributed by atoms with E-state index in [0.29, 0.717) is 5.56 Å². The van der Waals surface area contributed by atoms with Crippen LogP contribution in [0.15, 0.2) is 18.2 Å². The third kappa shape index (κ3) is 2.23. The van der Waals surface area contributed by atoms with Gasteiger partial charge in [-0.25, -0.2) is 0 Å². The van der Waals surface area contributed by atoms with Crippen LogP contribution in [0.3, 0.4) is 0 Å². The maximum atomic E-state index is 12.4. The lowest BCUT2D eigenvalue weighted by Crippen LogP contribution is -2.09. The fraction of sp³-hybridized carbons (Fsp3) is 0.400. The van der Waals surface area contributed by atoms with Crippen LogP contribution >= 0.6 is 0 Å². The molecule has 0 bridgehead atoms. The van der Waals surface area contributed by atoms with Crippen LogP contribution in [-0.2, 0) is 6.18 Å². The molecule has 3 heteroatoms. The van der Waals surface area contributed by atoms with Crippen molar-refractivity contribution in [1.29, 1.82) is 0 Å². The highest BCUT2D eigenvalue weighted by molar-refractivity contribution is 5.31. The van der Waals surface area contributed by atoms with Gasteiger partial charge in [0.2, 0.25) is 0 Å². The number of hydrogen-bond acceptors (Lipinski definition) is 0. The first kappa shape index (κ1) is 10.1. The number of benzene rings is 1. The third-order valence-corrected chi connectivity index (χ3v) is 1.83. The molecule has 0 aliphatic heterocycles. The summed E-state index contributed by atoms with van der Waals surface area (Å²) in [6.45, 7) is 3.48. The molecule has 0 saturated carbocycles. The zero-order valence-electron chi connectivity index (χ0n) is 7.44. The predicted molar refractivity (Wildman–Crippen MR) is 44.4 cm³/mol. The molecule has 1 aromatic carbocycles. The summed E-state index contributed by atoms with van der Waals surface area (Å²) in [6.07, 6.45) is -4.27. The van der Waals surface area contributed by atoms with Gasteiger partial charge in [-0.15, -0.1) is 0 Å². The Bertz CT molecular complexity index is 286. The van der Waals surface area contributed by atoms with Crippen molar-refractivity contribution in [2.75, 3.05) is 0 Å². The number of halogens is 3. The summed E-state index contributed by atoms with van der Waals surface area (Å²) >= 11 is 0. The standard InChI is InChI=1S/C10H10F3/c1-7(2)8-5-3-4-6-9(8)10(11,12)13/h3,5-7H,1-2H3. The van der Waals surface area contributed by atoms with Crippen LogP contribution in [-0.4, -0.2) is 0 Å². The molecule has 0 aromatic heterocycles.